The lowest BCUT2D eigenvalue weighted by Crippen LogP contribution is -2.19. The van der Waals surface area contributed by atoms with Gasteiger partial charge in [0.05, 0.1) is 22.3 Å². The molecular formula is C29H17BrCl2FN3O3. The van der Waals surface area contributed by atoms with Crippen molar-refractivity contribution < 1.29 is 18.7 Å². The van der Waals surface area contributed by atoms with Crippen LogP contribution in [-0.4, -0.2) is 23.1 Å². The minimum Gasteiger partial charge on any atom is -0.422 e. The number of carbonyl (C=O) groups excluding carboxylic acids is 2. The van der Waals surface area contributed by atoms with Crippen LogP contribution in [0, 0.1) is 5.82 Å². The molecule has 5 aromatic rings. The van der Waals surface area contributed by atoms with Gasteiger partial charge in [-0.2, -0.15) is 5.10 Å². The van der Waals surface area contributed by atoms with Gasteiger partial charge in [-0.1, -0.05) is 81.6 Å². The number of nitrogens with one attached hydrogen (secondary N) is 2. The molecule has 0 unspecified atom stereocenters. The van der Waals surface area contributed by atoms with Crippen LogP contribution in [0.1, 0.15) is 26.4 Å². The molecule has 0 aliphatic heterocycles. The highest BCUT2D eigenvalue weighted by molar-refractivity contribution is 9.10. The number of aromatic amines is 1. The van der Waals surface area contributed by atoms with Crippen molar-refractivity contribution in [1.29, 1.82) is 0 Å². The SMILES string of the molecule is O=C(Oc1ccc(Br)cc1C=NNC(=O)c1[nH]c2c(F)cccc2c1-c1ccccc1Cl)c1ccccc1Cl. The first-order valence-electron chi connectivity index (χ1n) is 11.5. The summed E-state index contributed by atoms with van der Waals surface area (Å²) in [6.07, 6.45) is 1.33. The number of aromatic nitrogens is 1. The molecule has 194 valence electrons. The smallest absolute Gasteiger partial charge is 0.345 e. The zero-order chi connectivity index (χ0) is 27.5. The molecule has 0 spiro atoms. The Labute approximate surface area is 240 Å². The van der Waals surface area contributed by atoms with Gasteiger partial charge in [0.2, 0.25) is 0 Å². The number of carbonyl (C=O) groups is 2. The summed E-state index contributed by atoms with van der Waals surface area (Å²) in [7, 11) is 0. The summed E-state index contributed by atoms with van der Waals surface area (Å²) in [6, 6.07) is 23.0. The van der Waals surface area contributed by atoms with Crippen molar-refractivity contribution in [2.24, 2.45) is 5.10 Å². The van der Waals surface area contributed by atoms with Crippen LogP contribution in [0.2, 0.25) is 10.0 Å². The molecule has 4 aromatic carbocycles. The Morgan fingerprint density at radius 1 is 0.949 bits per heavy atom. The lowest BCUT2D eigenvalue weighted by atomic mass is 10.0. The molecule has 5 rings (SSSR count). The van der Waals surface area contributed by atoms with Crippen LogP contribution in [0.3, 0.4) is 0 Å². The molecule has 0 radical (unpaired) electrons. The van der Waals surface area contributed by atoms with E-state index in [0.29, 0.717) is 31.6 Å². The number of rotatable bonds is 6. The summed E-state index contributed by atoms with van der Waals surface area (Å²) in [6.45, 7) is 0. The van der Waals surface area contributed by atoms with Crippen LogP contribution >= 0.6 is 39.1 Å². The third-order valence-corrected chi connectivity index (χ3v) is 6.94. The molecule has 0 fully saturated rings. The average molecular weight is 625 g/mol. The van der Waals surface area contributed by atoms with Crippen LogP contribution in [0.25, 0.3) is 22.0 Å². The number of hydrogen-bond acceptors (Lipinski definition) is 4. The number of nitrogens with zero attached hydrogens (tertiary/aromatic N) is 1. The van der Waals surface area contributed by atoms with E-state index in [4.69, 9.17) is 27.9 Å². The van der Waals surface area contributed by atoms with Crippen LogP contribution in [0.15, 0.2) is 94.5 Å². The lowest BCUT2D eigenvalue weighted by molar-refractivity contribution is 0.0734. The van der Waals surface area contributed by atoms with Gasteiger partial charge in [-0.15, -0.1) is 0 Å². The first kappa shape index (κ1) is 26.6. The van der Waals surface area contributed by atoms with E-state index >= 15 is 0 Å². The van der Waals surface area contributed by atoms with Gasteiger partial charge >= 0.3 is 5.97 Å². The largest absolute Gasteiger partial charge is 0.422 e. The van der Waals surface area contributed by atoms with Crippen LogP contribution in [-0.2, 0) is 0 Å². The number of halogens is 4. The van der Waals surface area contributed by atoms with Gasteiger partial charge in [0.1, 0.15) is 17.3 Å². The van der Waals surface area contributed by atoms with E-state index in [1.807, 2.05) is 0 Å². The van der Waals surface area contributed by atoms with Crippen LogP contribution in [0.5, 0.6) is 5.75 Å². The second kappa shape index (κ2) is 11.4. The normalized spacial score (nSPS) is 11.2. The Morgan fingerprint density at radius 2 is 1.69 bits per heavy atom. The molecule has 1 amide bonds. The summed E-state index contributed by atoms with van der Waals surface area (Å²) in [5.74, 6) is -1.58. The van der Waals surface area contributed by atoms with E-state index in [0.717, 1.165) is 0 Å². The Balaban J connectivity index is 1.44. The van der Waals surface area contributed by atoms with Gasteiger partial charge in [0, 0.05) is 31.6 Å². The van der Waals surface area contributed by atoms with Gasteiger partial charge in [0.15, 0.2) is 0 Å². The summed E-state index contributed by atoms with van der Waals surface area (Å²) in [5.41, 5.74) is 4.32. The van der Waals surface area contributed by atoms with E-state index in [2.05, 4.69) is 31.4 Å². The number of H-pyrrole nitrogens is 1. The number of amides is 1. The summed E-state index contributed by atoms with van der Waals surface area (Å²) >= 11 is 15.9. The number of fused-ring (bicyclic) bond motifs is 1. The maximum absolute atomic E-state index is 14.6. The topological polar surface area (TPSA) is 83.5 Å². The maximum atomic E-state index is 14.6. The molecule has 0 aliphatic rings. The summed E-state index contributed by atoms with van der Waals surface area (Å²) in [5, 5.41) is 5.21. The van der Waals surface area contributed by atoms with Gasteiger partial charge in [-0.25, -0.2) is 14.6 Å². The molecule has 6 nitrogen and oxygen atoms in total. The van der Waals surface area contributed by atoms with E-state index in [1.165, 1.54) is 12.3 Å². The maximum Gasteiger partial charge on any atom is 0.345 e. The Hall–Kier alpha value is -3.98. The van der Waals surface area contributed by atoms with Crippen molar-refractivity contribution in [1.82, 2.24) is 10.4 Å². The van der Waals surface area contributed by atoms with Gasteiger partial charge in [0.25, 0.3) is 5.91 Å². The van der Waals surface area contributed by atoms with Crippen LogP contribution < -0.4 is 10.2 Å². The Kier molecular flexibility index (Phi) is 7.79. The molecule has 1 aromatic heterocycles. The molecule has 0 saturated heterocycles. The fourth-order valence-electron chi connectivity index (χ4n) is 4.01. The molecular weight excluding hydrogens is 608 g/mol. The number of para-hydroxylation sites is 1. The first-order chi connectivity index (χ1) is 18.8. The molecule has 0 aliphatic carbocycles. The van der Waals surface area contributed by atoms with Crippen molar-refractivity contribution in [2.75, 3.05) is 0 Å². The van der Waals surface area contributed by atoms with Crippen molar-refractivity contribution >= 4 is 68.1 Å². The monoisotopic (exact) mass is 623 g/mol. The lowest BCUT2D eigenvalue weighted by Gasteiger charge is -2.09. The minimum absolute atomic E-state index is 0.0833. The number of hydrazone groups is 1. The molecule has 1 heterocycles. The number of ether oxygens (including phenoxy) is 1. The molecule has 0 saturated carbocycles. The zero-order valence-electron chi connectivity index (χ0n) is 19.8. The van der Waals surface area contributed by atoms with Crippen molar-refractivity contribution in [2.45, 2.75) is 0 Å². The van der Waals surface area contributed by atoms with Gasteiger partial charge < -0.3 is 9.72 Å². The Bertz CT molecular complexity index is 1770. The fraction of sp³-hybridized carbons (Fsp3) is 0. The first-order valence-corrected chi connectivity index (χ1v) is 13.0. The van der Waals surface area contributed by atoms with Crippen molar-refractivity contribution in [3.05, 3.63) is 122 Å². The quantitative estimate of drug-likeness (QED) is 0.0868. The molecule has 10 heteroatoms. The van der Waals surface area contributed by atoms with Crippen LogP contribution in [0.4, 0.5) is 4.39 Å². The molecule has 2 N–H and O–H groups in total. The number of hydrogen-bond donors (Lipinski definition) is 2. The minimum atomic E-state index is -0.647. The average Bonchev–Trinajstić information content (AvgIpc) is 3.31. The van der Waals surface area contributed by atoms with Crippen molar-refractivity contribution in [3.63, 3.8) is 0 Å². The number of benzene rings is 4. The Morgan fingerprint density at radius 3 is 2.46 bits per heavy atom. The molecule has 0 bridgehead atoms. The predicted octanol–water partition coefficient (Wildman–Crippen LogP) is 8.03. The third-order valence-electron chi connectivity index (χ3n) is 5.79. The zero-order valence-corrected chi connectivity index (χ0v) is 22.9. The molecule has 39 heavy (non-hydrogen) atoms. The second-order valence-electron chi connectivity index (χ2n) is 8.27. The highest BCUT2D eigenvalue weighted by atomic mass is 79.9. The summed E-state index contributed by atoms with van der Waals surface area (Å²) in [4.78, 5) is 28.8. The standard InChI is InChI=1S/C29H17BrCl2FN3O3/c30-17-12-13-24(39-29(38)19-7-2-4-10-22(19)32)16(14-17)15-34-36-28(37)27-25(18-6-1-3-9-21(18)31)20-8-5-11-23(33)26(20)35-27/h1-15,35H,(H,36,37). The third kappa shape index (κ3) is 5.59. The highest BCUT2D eigenvalue weighted by Crippen LogP contribution is 2.37. The number of esters is 1. The van der Waals surface area contributed by atoms with E-state index in [9.17, 15) is 14.0 Å². The highest BCUT2D eigenvalue weighted by Gasteiger charge is 2.22. The molecule has 0 atom stereocenters. The van der Waals surface area contributed by atoms with E-state index in [-0.39, 0.29) is 27.5 Å². The predicted molar refractivity (Wildman–Crippen MR) is 154 cm³/mol. The van der Waals surface area contributed by atoms with E-state index in [1.54, 1.807) is 78.9 Å². The van der Waals surface area contributed by atoms with E-state index < -0.39 is 17.7 Å². The van der Waals surface area contributed by atoms with Gasteiger partial charge in [-0.3, -0.25) is 4.79 Å². The van der Waals surface area contributed by atoms with Crippen molar-refractivity contribution in [3.8, 4) is 16.9 Å². The van der Waals surface area contributed by atoms with Gasteiger partial charge in [-0.05, 0) is 42.5 Å². The fourth-order valence-corrected chi connectivity index (χ4v) is 4.83. The summed E-state index contributed by atoms with van der Waals surface area (Å²) < 4.78 is 20.8. The second-order valence-corrected chi connectivity index (χ2v) is 10.00.